The maximum Gasteiger partial charge on any atom is 0.328 e. The lowest BCUT2D eigenvalue weighted by Gasteiger charge is -2.08. The predicted molar refractivity (Wildman–Crippen MR) is 69.6 cm³/mol. The molecule has 0 saturated carbocycles. The third-order valence-electron chi connectivity index (χ3n) is 2.41. The minimum Gasteiger partial charge on any atom is -0.481 e. The number of aldehydes is 1. The van der Waals surface area contributed by atoms with Crippen LogP contribution in [0.25, 0.3) is 0 Å². The van der Waals surface area contributed by atoms with E-state index in [1.807, 2.05) is 0 Å². The van der Waals surface area contributed by atoms with Crippen molar-refractivity contribution in [2.24, 2.45) is 0 Å². The quantitative estimate of drug-likeness (QED) is 0.769. The summed E-state index contributed by atoms with van der Waals surface area (Å²) in [6.45, 7) is 1.78. The van der Waals surface area contributed by atoms with E-state index >= 15 is 0 Å². The van der Waals surface area contributed by atoms with Crippen molar-refractivity contribution in [1.29, 1.82) is 0 Å². The Morgan fingerprint density at radius 3 is 2.25 bits per heavy atom. The zero-order valence-corrected chi connectivity index (χ0v) is 11.3. The van der Waals surface area contributed by atoms with Gasteiger partial charge in [-0.05, 0) is 19.1 Å². The fraction of sp³-hybridized carbons (Fsp3) is 0.231. The van der Waals surface area contributed by atoms with Gasteiger partial charge in [-0.15, -0.1) is 0 Å². The first-order valence-corrected chi connectivity index (χ1v) is 5.74. The Morgan fingerprint density at radius 1 is 1.05 bits per heavy atom. The van der Waals surface area contributed by atoms with E-state index < -0.39 is 0 Å². The number of hydrogen-bond acceptors (Lipinski definition) is 7. The van der Waals surface area contributed by atoms with Crippen LogP contribution in [0.3, 0.4) is 0 Å². The molecule has 0 aliphatic rings. The van der Waals surface area contributed by atoms with Crippen LogP contribution in [0.5, 0.6) is 23.5 Å². The number of hydrogen-bond donors (Lipinski definition) is 0. The molecule has 0 fully saturated rings. The molecule has 2 aromatic heterocycles. The number of nitrogens with zero attached hydrogens (tertiary/aromatic N) is 3. The lowest BCUT2D eigenvalue weighted by molar-refractivity contribution is 0.111. The molecule has 0 bridgehead atoms. The summed E-state index contributed by atoms with van der Waals surface area (Å²) in [7, 11) is 2.94. The minimum atomic E-state index is 0.00922. The van der Waals surface area contributed by atoms with Gasteiger partial charge in [0, 0.05) is 5.69 Å². The highest BCUT2D eigenvalue weighted by molar-refractivity contribution is 5.76. The zero-order chi connectivity index (χ0) is 14.5. The van der Waals surface area contributed by atoms with E-state index in [0.29, 0.717) is 23.7 Å². The number of carbonyl (C=O) groups is 1. The zero-order valence-electron chi connectivity index (χ0n) is 11.3. The molecular weight excluding hydrogens is 262 g/mol. The monoisotopic (exact) mass is 275 g/mol. The molecular formula is C13H13N3O4. The number of rotatable bonds is 5. The second kappa shape index (κ2) is 5.96. The molecule has 0 aliphatic heterocycles. The van der Waals surface area contributed by atoms with E-state index in [2.05, 4.69) is 15.0 Å². The Labute approximate surface area is 115 Å². The fourth-order valence-electron chi connectivity index (χ4n) is 1.47. The number of aryl methyl sites for hydroxylation is 1. The van der Waals surface area contributed by atoms with Gasteiger partial charge < -0.3 is 14.2 Å². The van der Waals surface area contributed by atoms with Crippen LogP contribution in [0.4, 0.5) is 0 Å². The molecule has 2 heterocycles. The maximum absolute atomic E-state index is 11.0. The highest BCUT2D eigenvalue weighted by Gasteiger charge is 2.11. The molecule has 20 heavy (non-hydrogen) atoms. The van der Waals surface area contributed by atoms with Gasteiger partial charge in [0.1, 0.15) is 5.69 Å². The summed E-state index contributed by atoms with van der Waals surface area (Å²) in [4.78, 5) is 23.1. The molecule has 0 unspecified atom stereocenters. The molecule has 0 atom stereocenters. The summed E-state index contributed by atoms with van der Waals surface area (Å²) in [5.74, 6) is 0.847. The van der Waals surface area contributed by atoms with Crippen LogP contribution >= 0.6 is 0 Å². The van der Waals surface area contributed by atoms with Crippen LogP contribution in [-0.2, 0) is 0 Å². The van der Waals surface area contributed by atoms with Crippen molar-refractivity contribution in [2.45, 2.75) is 6.92 Å². The standard InChI is InChI=1S/C13H13N3O4/c1-8-4-5-10(9(7-17)14-8)20-13-15-11(18-2)6-12(16-13)19-3/h4-7H,1-3H3. The summed E-state index contributed by atoms with van der Waals surface area (Å²) < 4.78 is 15.5. The summed E-state index contributed by atoms with van der Waals surface area (Å²) in [5, 5.41) is 0. The van der Waals surface area contributed by atoms with Gasteiger partial charge in [-0.2, -0.15) is 9.97 Å². The van der Waals surface area contributed by atoms with Crippen molar-refractivity contribution in [3.63, 3.8) is 0 Å². The number of pyridine rings is 1. The average Bonchev–Trinajstić information content (AvgIpc) is 2.48. The first-order chi connectivity index (χ1) is 9.66. The third-order valence-corrected chi connectivity index (χ3v) is 2.41. The van der Waals surface area contributed by atoms with E-state index in [9.17, 15) is 4.79 Å². The maximum atomic E-state index is 11.0. The van der Waals surface area contributed by atoms with Gasteiger partial charge in [-0.1, -0.05) is 0 Å². The predicted octanol–water partition coefficient (Wildman–Crippen LogP) is 1.80. The van der Waals surface area contributed by atoms with Crippen LogP contribution in [0.2, 0.25) is 0 Å². The Hall–Kier alpha value is -2.70. The van der Waals surface area contributed by atoms with Crippen LogP contribution in [-0.4, -0.2) is 35.5 Å². The van der Waals surface area contributed by atoms with Crippen LogP contribution < -0.4 is 14.2 Å². The van der Waals surface area contributed by atoms with E-state index in [4.69, 9.17) is 14.2 Å². The largest absolute Gasteiger partial charge is 0.481 e. The van der Waals surface area contributed by atoms with Gasteiger partial charge in [0.15, 0.2) is 12.0 Å². The van der Waals surface area contributed by atoms with Crippen LogP contribution in [0.1, 0.15) is 16.2 Å². The van der Waals surface area contributed by atoms with Crippen molar-refractivity contribution in [3.8, 4) is 23.5 Å². The lowest BCUT2D eigenvalue weighted by atomic mass is 10.3. The summed E-state index contributed by atoms with van der Waals surface area (Å²) >= 11 is 0. The number of aromatic nitrogens is 3. The van der Waals surface area contributed by atoms with Crippen molar-refractivity contribution < 1.29 is 19.0 Å². The number of carbonyl (C=O) groups excluding carboxylic acids is 1. The molecule has 2 aromatic rings. The van der Waals surface area contributed by atoms with Gasteiger partial charge in [0.2, 0.25) is 11.8 Å². The first kappa shape index (κ1) is 13.7. The van der Waals surface area contributed by atoms with Crippen LogP contribution in [0, 0.1) is 6.92 Å². The normalized spacial score (nSPS) is 9.95. The van der Waals surface area contributed by atoms with Gasteiger partial charge in [-0.25, -0.2) is 4.98 Å². The second-order valence-corrected chi connectivity index (χ2v) is 3.79. The molecule has 7 heteroatoms. The first-order valence-electron chi connectivity index (χ1n) is 5.74. The molecule has 2 rings (SSSR count). The van der Waals surface area contributed by atoms with Crippen molar-refractivity contribution in [1.82, 2.24) is 15.0 Å². The average molecular weight is 275 g/mol. The van der Waals surface area contributed by atoms with Gasteiger partial charge in [-0.3, -0.25) is 4.79 Å². The number of ether oxygens (including phenoxy) is 3. The summed E-state index contributed by atoms with van der Waals surface area (Å²) in [5.41, 5.74) is 0.888. The molecule has 0 N–H and O–H groups in total. The fourth-order valence-corrected chi connectivity index (χ4v) is 1.47. The Balaban J connectivity index is 2.36. The summed E-state index contributed by atoms with van der Waals surface area (Å²) in [6.07, 6.45) is 0.611. The van der Waals surface area contributed by atoms with Crippen molar-refractivity contribution in [3.05, 3.63) is 29.6 Å². The van der Waals surface area contributed by atoms with Gasteiger partial charge >= 0.3 is 6.01 Å². The van der Waals surface area contributed by atoms with E-state index in [0.717, 1.165) is 0 Å². The van der Waals surface area contributed by atoms with Gasteiger partial charge in [0.25, 0.3) is 0 Å². The molecule has 0 amide bonds. The highest BCUT2D eigenvalue weighted by atomic mass is 16.5. The molecule has 104 valence electrons. The molecule has 0 aliphatic carbocycles. The van der Waals surface area contributed by atoms with Crippen molar-refractivity contribution in [2.75, 3.05) is 14.2 Å². The molecule has 0 saturated heterocycles. The Kier molecular flexibility index (Phi) is 4.09. The molecule has 0 spiro atoms. The van der Waals surface area contributed by atoms with E-state index in [1.165, 1.54) is 20.3 Å². The molecule has 7 nitrogen and oxygen atoms in total. The van der Waals surface area contributed by atoms with E-state index in [-0.39, 0.29) is 17.5 Å². The highest BCUT2D eigenvalue weighted by Crippen LogP contribution is 2.25. The van der Waals surface area contributed by atoms with Crippen molar-refractivity contribution >= 4 is 6.29 Å². The smallest absolute Gasteiger partial charge is 0.328 e. The Morgan fingerprint density at radius 2 is 1.70 bits per heavy atom. The van der Waals surface area contributed by atoms with E-state index in [1.54, 1.807) is 19.1 Å². The third kappa shape index (κ3) is 3.00. The topological polar surface area (TPSA) is 83.4 Å². The molecule has 0 aromatic carbocycles. The molecule has 0 radical (unpaired) electrons. The summed E-state index contributed by atoms with van der Waals surface area (Å²) in [6, 6.07) is 4.87. The Bertz CT molecular complexity index is 609. The second-order valence-electron chi connectivity index (χ2n) is 3.79. The SMILES string of the molecule is COc1cc(OC)nc(Oc2ccc(C)nc2C=O)n1. The van der Waals surface area contributed by atoms with Gasteiger partial charge in [0.05, 0.1) is 20.3 Å². The minimum absolute atomic E-state index is 0.00922. The number of methoxy groups -OCH3 is 2. The lowest BCUT2D eigenvalue weighted by Crippen LogP contribution is -2.00. The van der Waals surface area contributed by atoms with Crippen LogP contribution in [0.15, 0.2) is 18.2 Å².